The van der Waals surface area contributed by atoms with E-state index < -0.39 is 0 Å². The van der Waals surface area contributed by atoms with Gasteiger partial charge in [0.15, 0.2) is 0 Å². The average molecular weight is 289 g/mol. The molecule has 1 unspecified atom stereocenters. The van der Waals surface area contributed by atoms with E-state index in [0.717, 1.165) is 11.7 Å². The summed E-state index contributed by atoms with van der Waals surface area (Å²) >= 11 is 0. The largest absolute Gasteiger partial charge is 0.497 e. The molecule has 0 amide bonds. The summed E-state index contributed by atoms with van der Waals surface area (Å²) in [6.07, 6.45) is 9.41. The first-order chi connectivity index (χ1) is 10.3. The predicted octanol–water partition coefficient (Wildman–Crippen LogP) is 4.53. The number of ether oxygens (including phenoxy) is 1. The summed E-state index contributed by atoms with van der Waals surface area (Å²) < 4.78 is 5.19. The van der Waals surface area contributed by atoms with Gasteiger partial charge in [0.25, 0.3) is 0 Å². The van der Waals surface area contributed by atoms with Crippen molar-refractivity contribution >= 4 is 0 Å². The molecule has 0 spiro atoms. The van der Waals surface area contributed by atoms with Crippen LogP contribution in [0.4, 0.5) is 0 Å². The molecule has 0 saturated carbocycles. The number of piperidine rings is 1. The molecule has 1 heterocycles. The molecule has 1 aliphatic rings. The van der Waals surface area contributed by atoms with E-state index in [4.69, 9.17) is 4.74 Å². The Kier molecular flexibility index (Phi) is 7.08. The lowest BCUT2D eigenvalue weighted by Gasteiger charge is -2.32. The molecule has 1 saturated heterocycles. The fraction of sp³-hybridized carbons (Fsp3) is 0.684. The quantitative estimate of drug-likeness (QED) is 0.652. The lowest BCUT2D eigenvalue weighted by molar-refractivity contribution is 0.169. The summed E-state index contributed by atoms with van der Waals surface area (Å²) in [5.74, 6) is 1.91. The molecule has 0 bridgehead atoms. The second kappa shape index (κ2) is 9.09. The van der Waals surface area contributed by atoms with Crippen LogP contribution < -0.4 is 4.74 Å². The minimum Gasteiger partial charge on any atom is -0.497 e. The van der Waals surface area contributed by atoms with Crippen LogP contribution in [0.3, 0.4) is 0 Å². The molecule has 1 fully saturated rings. The van der Waals surface area contributed by atoms with E-state index in [9.17, 15) is 0 Å². The Hall–Kier alpha value is -1.02. The van der Waals surface area contributed by atoms with Crippen molar-refractivity contribution in [1.29, 1.82) is 0 Å². The van der Waals surface area contributed by atoms with Crippen LogP contribution >= 0.6 is 0 Å². The fourth-order valence-corrected chi connectivity index (χ4v) is 3.32. The van der Waals surface area contributed by atoms with Crippen LogP contribution in [0, 0.1) is 5.92 Å². The number of likely N-dealkylation sites (tertiary alicyclic amines) is 1. The van der Waals surface area contributed by atoms with Gasteiger partial charge in [0, 0.05) is 6.54 Å². The maximum absolute atomic E-state index is 5.19. The molecular weight excluding hydrogens is 258 g/mol. The molecule has 0 aromatic heterocycles. The molecule has 0 radical (unpaired) electrons. The van der Waals surface area contributed by atoms with Gasteiger partial charge in [0.05, 0.1) is 7.11 Å². The molecule has 2 nitrogen and oxygen atoms in total. The number of methoxy groups -OCH3 is 1. The molecule has 1 aromatic rings. The van der Waals surface area contributed by atoms with Crippen LogP contribution in [0.25, 0.3) is 0 Å². The fourth-order valence-electron chi connectivity index (χ4n) is 3.32. The van der Waals surface area contributed by atoms with Gasteiger partial charge in [-0.05, 0) is 68.8 Å². The number of benzene rings is 1. The van der Waals surface area contributed by atoms with E-state index in [1.165, 1.54) is 70.1 Å². The van der Waals surface area contributed by atoms with E-state index in [1.54, 1.807) is 7.11 Å². The third-order valence-electron chi connectivity index (χ3n) is 4.78. The first kappa shape index (κ1) is 16.4. The Morgan fingerprint density at radius 2 is 1.95 bits per heavy atom. The number of unbranched alkanes of at least 4 members (excludes halogenated alkanes) is 2. The summed E-state index contributed by atoms with van der Waals surface area (Å²) in [5, 5.41) is 0. The van der Waals surface area contributed by atoms with Crippen LogP contribution in [0.1, 0.15) is 51.0 Å². The summed E-state index contributed by atoms with van der Waals surface area (Å²) in [5.41, 5.74) is 1.43. The Labute approximate surface area is 130 Å². The van der Waals surface area contributed by atoms with Gasteiger partial charge in [0.2, 0.25) is 0 Å². The summed E-state index contributed by atoms with van der Waals surface area (Å²) in [4.78, 5) is 2.69. The van der Waals surface area contributed by atoms with Gasteiger partial charge in [-0.2, -0.15) is 0 Å². The van der Waals surface area contributed by atoms with Gasteiger partial charge in [-0.3, -0.25) is 0 Å². The first-order valence-corrected chi connectivity index (χ1v) is 8.67. The Morgan fingerprint density at radius 1 is 1.14 bits per heavy atom. The molecule has 1 atom stereocenters. The Bertz CT molecular complexity index is 387. The normalized spacial score (nSPS) is 19.6. The second-order valence-corrected chi connectivity index (χ2v) is 6.38. The van der Waals surface area contributed by atoms with Crippen molar-refractivity contribution in [1.82, 2.24) is 4.90 Å². The standard InChI is InChI=1S/C19H31NO/c1-3-17-9-7-15-20(16-17)14-6-4-5-8-18-10-12-19(21-2)13-11-18/h10-13,17H,3-9,14-16H2,1-2H3. The summed E-state index contributed by atoms with van der Waals surface area (Å²) in [6.45, 7) is 6.31. The number of hydrogen-bond donors (Lipinski definition) is 0. The van der Waals surface area contributed by atoms with E-state index in [0.29, 0.717) is 0 Å². The van der Waals surface area contributed by atoms with Crippen molar-refractivity contribution in [2.45, 2.75) is 51.9 Å². The van der Waals surface area contributed by atoms with Crippen molar-refractivity contribution < 1.29 is 4.74 Å². The van der Waals surface area contributed by atoms with Gasteiger partial charge < -0.3 is 9.64 Å². The van der Waals surface area contributed by atoms with Gasteiger partial charge >= 0.3 is 0 Å². The molecule has 2 heteroatoms. The number of nitrogens with zero attached hydrogens (tertiary/aromatic N) is 1. The Balaban J connectivity index is 1.57. The monoisotopic (exact) mass is 289 g/mol. The summed E-state index contributed by atoms with van der Waals surface area (Å²) in [7, 11) is 1.72. The molecule has 1 aliphatic heterocycles. The SMILES string of the molecule is CCC1CCCN(CCCCCc2ccc(OC)cc2)C1. The predicted molar refractivity (Wildman–Crippen MR) is 90.0 cm³/mol. The summed E-state index contributed by atoms with van der Waals surface area (Å²) in [6, 6.07) is 8.51. The lowest BCUT2D eigenvalue weighted by atomic mass is 9.95. The first-order valence-electron chi connectivity index (χ1n) is 8.67. The Morgan fingerprint density at radius 3 is 2.67 bits per heavy atom. The van der Waals surface area contributed by atoms with Crippen molar-refractivity contribution in [3.05, 3.63) is 29.8 Å². The minimum absolute atomic E-state index is 0.953. The van der Waals surface area contributed by atoms with Crippen LogP contribution in [-0.2, 0) is 6.42 Å². The maximum atomic E-state index is 5.19. The number of hydrogen-bond acceptors (Lipinski definition) is 2. The molecular formula is C19H31NO. The van der Waals surface area contributed by atoms with Gasteiger partial charge in [0.1, 0.15) is 5.75 Å². The zero-order chi connectivity index (χ0) is 14.9. The smallest absolute Gasteiger partial charge is 0.118 e. The van der Waals surface area contributed by atoms with Crippen molar-refractivity contribution in [2.24, 2.45) is 5.92 Å². The zero-order valence-electron chi connectivity index (χ0n) is 13.8. The van der Waals surface area contributed by atoms with Crippen LogP contribution in [-0.4, -0.2) is 31.6 Å². The highest BCUT2D eigenvalue weighted by molar-refractivity contribution is 5.27. The minimum atomic E-state index is 0.953. The third kappa shape index (κ3) is 5.70. The molecule has 21 heavy (non-hydrogen) atoms. The van der Waals surface area contributed by atoms with Crippen molar-refractivity contribution in [3.63, 3.8) is 0 Å². The van der Waals surface area contributed by atoms with Gasteiger partial charge in [-0.25, -0.2) is 0 Å². The number of aryl methyl sites for hydroxylation is 1. The molecule has 2 rings (SSSR count). The third-order valence-corrected chi connectivity index (χ3v) is 4.78. The van der Waals surface area contributed by atoms with Gasteiger partial charge in [-0.15, -0.1) is 0 Å². The van der Waals surface area contributed by atoms with Crippen molar-refractivity contribution in [2.75, 3.05) is 26.7 Å². The highest BCUT2D eigenvalue weighted by atomic mass is 16.5. The average Bonchev–Trinajstić information content (AvgIpc) is 2.55. The van der Waals surface area contributed by atoms with E-state index in [2.05, 4.69) is 36.1 Å². The van der Waals surface area contributed by atoms with Crippen LogP contribution in [0.2, 0.25) is 0 Å². The van der Waals surface area contributed by atoms with Gasteiger partial charge in [-0.1, -0.05) is 31.9 Å². The van der Waals surface area contributed by atoms with E-state index in [1.807, 2.05) is 0 Å². The lowest BCUT2D eigenvalue weighted by Crippen LogP contribution is -2.35. The second-order valence-electron chi connectivity index (χ2n) is 6.38. The van der Waals surface area contributed by atoms with Crippen LogP contribution in [0.5, 0.6) is 5.75 Å². The van der Waals surface area contributed by atoms with Crippen molar-refractivity contribution in [3.8, 4) is 5.75 Å². The maximum Gasteiger partial charge on any atom is 0.118 e. The highest BCUT2D eigenvalue weighted by Gasteiger charge is 2.17. The topological polar surface area (TPSA) is 12.5 Å². The molecule has 0 N–H and O–H groups in total. The molecule has 1 aromatic carbocycles. The van der Waals surface area contributed by atoms with Crippen LogP contribution in [0.15, 0.2) is 24.3 Å². The zero-order valence-corrected chi connectivity index (χ0v) is 13.8. The molecule has 0 aliphatic carbocycles. The number of rotatable bonds is 8. The highest BCUT2D eigenvalue weighted by Crippen LogP contribution is 2.19. The molecule has 118 valence electrons. The van der Waals surface area contributed by atoms with E-state index >= 15 is 0 Å². The van der Waals surface area contributed by atoms with E-state index in [-0.39, 0.29) is 0 Å².